The van der Waals surface area contributed by atoms with Crippen molar-refractivity contribution in [3.8, 4) is 0 Å². The summed E-state index contributed by atoms with van der Waals surface area (Å²) in [6, 6.07) is 0. The monoisotopic (exact) mass is 158 g/mol. The van der Waals surface area contributed by atoms with E-state index in [1.54, 1.807) is 0 Å². The first-order chi connectivity index (χ1) is 5.06. The number of carbonyl (C=O) groups excluding carboxylic acids is 1. The fourth-order valence-corrected chi connectivity index (χ4v) is 1.06. The Morgan fingerprint density at radius 3 is 2.27 bits per heavy atom. The van der Waals surface area contributed by atoms with E-state index in [0.29, 0.717) is 5.92 Å². The van der Waals surface area contributed by atoms with Gasteiger partial charge in [0.25, 0.3) is 0 Å². The Bertz CT molecular complexity index is 119. The van der Waals surface area contributed by atoms with Crippen LogP contribution in [0.5, 0.6) is 0 Å². The molecule has 0 amide bonds. The zero-order chi connectivity index (χ0) is 8.85. The minimum absolute atomic E-state index is 0.118. The van der Waals surface area contributed by atoms with Crippen LogP contribution in [0.1, 0.15) is 40.5 Å². The third-order valence-electron chi connectivity index (χ3n) is 1.52. The largest absolute Gasteiger partial charge is 0.463 e. The summed E-state index contributed by atoms with van der Waals surface area (Å²) in [5.74, 6) is 0.428. The first-order valence-corrected chi connectivity index (χ1v) is 4.23. The van der Waals surface area contributed by atoms with Crippen LogP contribution in [0, 0.1) is 5.92 Å². The quantitative estimate of drug-likeness (QED) is 0.587. The number of ether oxygens (including phenoxy) is 1. The molecule has 0 bridgehead atoms. The highest BCUT2D eigenvalue weighted by molar-refractivity contribution is 5.66. The lowest BCUT2D eigenvalue weighted by Crippen LogP contribution is -2.17. The molecule has 11 heavy (non-hydrogen) atoms. The maximum Gasteiger partial charge on any atom is 0.302 e. The number of carbonyl (C=O) groups is 1. The van der Waals surface area contributed by atoms with Crippen molar-refractivity contribution in [2.45, 2.75) is 46.6 Å². The van der Waals surface area contributed by atoms with Crippen LogP contribution in [-0.4, -0.2) is 12.1 Å². The van der Waals surface area contributed by atoms with Gasteiger partial charge < -0.3 is 4.74 Å². The minimum atomic E-state index is -0.169. The molecule has 0 aromatic rings. The molecule has 0 aliphatic heterocycles. The van der Waals surface area contributed by atoms with Crippen molar-refractivity contribution in [3.63, 3.8) is 0 Å². The molecule has 0 aliphatic rings. The topological polar surface area (TPSA) is 26.3 Å². The third-order valence-corrected chi connectivity index (χ3v) is 1.52. The van der Waals surface area contributed by atoms with E-state index in [0.717, 1.165) is 12.8 Å². The molecular weight excluding hydrogens is 140 g/mol. The van der Waals surface area contributed by atoms with Crippen molar-refractivity contribution in [1.29, 1.82) is 0 Å². The standard InChI is InChI=1S/C9H18O2/c1-5-9(6-7(2)3)11-8(4)10/h7,9H,5-6H2,1-4H3/t9-/m1/s1. The Kier molecular flexibility index (Phi) is 4.92. The molecule has 1 atom stereocenters. The Hall–Kier alpha value is -0.530. The summed E-state index contributed by atoms with van der Waals surface area (Å²) in [5.41, 5.74) is 0. The normalized spacial score (nSPS) is 13.2. The number of rotatable bonds is 4. The zero-order valence-corrected chi connectivity index (χ0v) is 7.89. The first-order valence-electron chi connectivity index (χ1n) is 4.23. The van der Waals surface area contributed by atoms with E-state index in [9.17, 15) is 4.79 Å². The minimum Gasteiger partial charge on any atom is -0.463 e. The molecule has 0 rings (SSSR count). The SMILES string of the molecule is CC[C@H](CC(C)C)OC(C)=O. The molecule has 0 unspecified atom stereocenters. The summed E-state index contributed by atoms with van der Waals surface area (Å²) in [6.45, 7) is 7.76. The molecule has 0 fully saturated rings. The highest BCUT2D eigenvalue weighted by atomic mass is 16.5. The summed E-state index contributed by atoms with van der Waals surface area (Å²) < 4.78 is 5.07. The average molecular weight is 158 g/mol. The Balaban J connectivity index is 3.66. The highest BCUT2D eigenvalue weighted by Crippen LogP contribution is 2.11. The van der Waals surface area contributed by atoms with Crippen LogP contribution < -0.4 is 0 Å². The lowest BCUT2D eigenvalue weighted by molar-refractivity contribution is -0.147. The van der Waals surface area contributed by atoms with E-state index in [1.165, 1.54) is 6.92 Å². The first kappa shape index (κ1) is 10.5. The number of esters is 1. The van der Waals surface area contributed by atoms with Crippen molar-refractivity contribution in [2.75, 3.05) is 0 Å². The van der Waals surface area contributed by atoms with Crippen LogP contribution in [0.3, 0.4) is 0 Å². The van der Waals surface area contributed by atoms with Crippen molar-refractivity contribution < 1.29 is 9.53 Å². The number of hydrogen-bond donors (Lipinski definition) is 0. The highest BCUT2D eigenvalue weighted by Gasteiger charge is 2.10. The third kappa shape index (κ3) is 5.89. The summed E-state index contributed by atoms with van der Waals surface area (Å²) >= 11 is 0. The molecular formula is C9H18O2. The van der Waals surface area contributed by atoms with Gasteiger partial charge in [0.2, 0.25) is 0 Å². The second-order valence-corrected chi connectivity index (χ2v) is 3.27. The second-order valence-electron chi connectivity index (χ2n) is 3.27. The second kappa shape index (κ2) is 5.16. The van der Waals surface area contributed by atoms with Gasteiger partial charge in [-0.25, -0.2) is 0 Å². The molecule has 0 heterocycles. The molecule has 66 valence electrons. The van der Waals surface area contributed by atoms with E-state index in [4.69, 9.17) is 4.74 Å². The van der Waals surface area contributed by atoms with Crippen LogP contribution in [0.4, 0.5) is 0 Å². The predicted molar refractivity (Wildman–Crippen MR) is 45.3 cm³/mol. The molecule has 0 radical (unpaired) electrons. The van der Waals surface area contributed by atoms with Crippen LogP contribution >= 0.6 is 0 Å². The molecule has 2 heteroatoms. The van der Waals surface area contributed by atoms with E-state index < -0.39 is 0 Å². The Labute approximate surface area is 68.9 Å². The van der Waals surface area contributed by atoms with Crippen molar-refractivity contribution in [1.82, 2.24) is 0 Å². The van der Waals surface area contributed by atoms with Gasteiger partial charge in [0, 0.05) is 6.92 Å². The Morgan fingerprint density at radius 2 is 2.00 bits per heavy atom. The molecule has 0 saturated carbocycles. The van der Waals surface area contributed by atoms with Crippen LogP contribution in [0.2, 0.25) is 0 Å². The van der Waals surface area contributed by atoms with Crippen molar-refractivity contribution in [3.05, 3.63) is 0 Å². The molecule has 0 aliphatic carbocycles. The van der Waals surface area contributed by atoms with Gasteiger partial charge in [-0.05, 0) is 18.8 Å². The predicted octanol–water partition coefficient (Wildman–Crippen LogP) is 2.37. The van der Waals surface area contributed by atoms with Crippen LogP contribution in [0.15, 0.2) is 0 Å². The summed E-state index contributed by atoms with van der Waals surface area (Å²) in [5, 5.41) is 0. The van der Waals surface area contributed by atoms with Gasteiger partial charge in [-0.2, -0.15) is 0 Å². The van der Waals surface area contributed by atoms with Crippen molar-refractivity contribution in [2.24, 2.45) is 5.92 Å². The van der Waals surface area contributed by atoms with Gasteiger partial charge in [-0.15, -0.1) is 0 Å². The number of hydrogen-bond acceptors (Lipinski definition) is 2. The smallest absolute Gasteiger partial charge is 0.302 e. The van der Waals surface area contributed by atoms with E-state index in [2.05, 4.69) is 13.8 Å². The van der Waals surface area contributed by atoms with Gasteiger partial charge in [-0.1, -0.05) is 20.8 Å². The lowest BCUT2D eigenvalue weighted by atomic mass is 10.0. The fraction of sp³-hybridized carbons (Fsp3) is 0.889. The fourth-order valence-electron chi connectivity index (χ4n) is 1.06. The summed E-state index contributed by atoms with van der Waals surface area (Å²) in [4.78, 5) is 10.6. The van der Waals surface area contributed by atoms with Gasteiger partial charge in [0.05, 0.1) is 0 Å². The maximum absolute atomic E-state index is 10.6. The van der Waals surface area contributed by atoms with E-state index >= 15 is 0 Å². The lowest BCUT2D eigenvalue weighted by Gasteiger charge is -2.16. The van der Waals surface area contributed by atoms with E-state index in [-0.39, 0.29) is 12.1 Å². The van der Waals surface area contributed by atoms with Crippen molar-refractivity contribution >= 4 is 5.97 Å². The maximum atomic E-state index is 10.6. The van der Waals surface area contributed by atoms with Gasteiger partial charge in [0.15, 0.2) is 0 Å². The van der Waals surface area contributed by atoms with Gasteiger partial charge >= 0.3 is 5.97 Å². The van der Waals surface area contributed by atoms with Gasteiger partial charge in [-0.3, -0.25) is 4.79 Å². The average Bonchev–Trinajstić information content (AvgIpc) is 1.84. The van der Waals surface area contributed by atoms with Gasteiger partial charge in [0.1, 0.15) is 6.10 Å². The zero-order valence-electron chi connectivity index (χ0n) is 7.89. The van der Waals surface area contributed by atoms with Crippen LogP contribution in [0.25, 0.3) is 0 Å². The molecule has 0 aromatic heterocycles. The summed E-state index contributed by atoms with van der Waals surface area (Å²) in [6.07, 6.45) is 2.00. The molecule has 0 N–H and O–H groups in total. The van der Waals surface area contributed by atoms with Crippen LogP contribution in [-0.2, 0) is 9.53 Å². The van der Waals surface area contributed by atoms with E-state index in [1.807, 2.05) is 6.92 Å². The Morgan fingerprint density at radius 1 is 1.45 bits per heavy atom. The molecule has 0 saturated heterocycles. The molecule has 0 aromatic carbocycles. The summed E-state index contributed by atoms with van der Waals surface area (Å²) in [7, 11) is 0. The molecule has 0 spiro atoms. The molecule has 2 nitrogen and oxygen atoms in total.